The fourth-order valence-electron chi connectivity index (χ4n) is 4.57. The number of aromatic nitrogens is 3. The normalized spacial score (nSPS) is 17.2. The topological polar surface area (TPSA) is 69.5 Å². The van der Waals surface area contributed by atoms with Crippen molar-refractivity contribution in [2.24, 2.45) is 0 Å². The van der Waals surface area contributed by atoms with E-state index in [-0.39, 0.29) is 18.0 Å². The lowest BCUT2D eigenvalue weighted by atomic mass is 9.90. The van der Waals surface area contributed by atoms with Crippen LogP contribution in [0.15, 0.2) is 79.1 Å². The van der Waals surface area contributed by atoms with Gasteiger partial charge in [0.2, 0.25) is 5.95 Å². The fourth-order valence-corrected chi connectivity index (χ4v) is 4.57. The van der Waals surface area contributed by atoms with Crippen molar-refractivity contribution in [1.29, 1.82) is 0 Å². The molecule has 0 saturated carbocycles. The van der Waals surface area contributed by atoms with Crippen LogP contribution in [-0.2, 0) is 0 Å². The van der Waals surface area contributed by atoms with Crippen LogP contribution in [0, 0.1) is 6.92 Å². The fraction of sp³-hybridized carbons (Fsp3) is 0.222. The maximum Gasteiger partial charge on any atom is 0.261 e. The van der Waals surface area contributed by atoms with Gasteiger partial charge in [0.1, 0.15) is 17.8 Å². The summed E-state index contributed by atoms with van der Waals surface area (Å²) >= 11 is 0. The molecule has 1 aliphatic heterocycles. The molecule has 0 saturated heterocycles. The first-order valence-electron chi connectivity index (χ1n) is 11.2. The van der Waals surface area contributed by atoms with E-state index in [0.29, 0.717) is 23.7 Å². The van der Waals surface area contributed by atoms with Gasteiger partial charge in [-0.25, -0.2) is 4.68 Å². The molecule has 2 unspecified atom stereocenters. The van der Waals surface area contributed by atoms with Gasteiger partial charge in [0.25, 0.3) is 5.91 Å². The van der Waals surface area contributed by atoms with Gasteiger partial charge in [0.05, 0.1) is 26.3 Å². The Labute approximate surface area is 198 Å². The Balaban J connectivity index is 1.64. The van der Waals surface area contributed by atoms with Crippen molar-refractivity contribution >= 4 is 11.9 Å². The second-order valence-electron chi connectivity index (χ2n) is 8.33. The standard InChI is InChI=1S/C27H26N4O3/c1-18-8-10-19(11-9-18)23-16-24(22-6-4-5-7-25(22)34-3)31-27(28-17-29-31)30(23)26(32)20-12-14-21(33-2)15-13-20/h4-15,17,23-24H,16H2,1-3H3. The lowest BCUT2D eigenvalue weighted by Gasteiger charge is -2.39. The molecule has 0 radical (unpaired) electrons. The SMILES string of the molecule is COc1ccc(C(=O)N2c3ncnn3C(c3ccccc3OC)CC2c2ccc(C)cc2)cc1. The second kappa shape index (κ2) is 9.02. The summed E-state index contributed by atoms with van der Waals surface area (Å²) in [6.07, 6.45) is 2.13. The van der Waals surface area contributed by atoms with Crippen LogP contribution in [0.5, 0.6) is 11.5 Å². The molecule has 7 nitrogen and oxygen atoms in total. The number of fused-ring (bicyclic) bond motifs is 1. The number of anilines is 1. The number of aryl methyl sites for hydroxylation is 1. The predicted octanol–water partition coefficient (Wildman–Crippen LogP) is 4.98. The van der Waals surface area contributed by atoms with Crippen LogP contribution in [0.3, 0.4) is 0 Å². The number of amides is 1. The van der Waals surface area contributed by atoms with Gasteiger partial charge in [-0.2, -0.15) is 10.1 Å². The lowest BCUT2D eigenvalue weighted by molar-refractivity contribution is 0.0963. The summed E-state index contributed by atoms with van der Waals surface area (Å²) in [6, 6.07) is 23.0. The van der Waals surface area contributed by atoms with E-state index < -0.39 is 0 Å². The molecule has 0 spiro atoms. The first-order chi connectivity index (χ1) is 16.6. The average molecular weight is 455 g/mol. The van der Waals surface area contributed by atoms with Crippen molar-refractivity contribution in [3.05, 3.63) is 101 Å². The summed E-state index contributed by atoms with van der Waals surface area (Å²) in [5.74, 6) is 1.85. The number of hydrogen-bond acceptors (Lipinski definition) is 5. The third-order valence-electron chi connectivity index (χ3n) is 6.34. The van der Waals surface area contributed by atoms with Gasteiger partial charge in [-0.3, -0.25) is 9.69 Å². The third kappa shape index (κ3) is 3.79. The smallest absolute Gasteiger partial charge is 0.261 e. The van der Waals surface area contributed by atoms with E-state index in [1.807, 2.05) is 28.9 Å². The molecule has 0 bridgehead atoms. The molecule has 3 aromatic carbocycles. The van der Waals surface area contributed by atoms with Crippen LogP contribution in [-0.4, -0.2) is 34.9 Å². The van der Waals surface area contributed by atoms with Crippen LogP contribution < -0.4 is 14.4 Å². The van der Waals surface area contributed by atoms with Gasteiger partial charge in [0.15, 0.2) is 0 Å². The van der Waals surface area contributed by atoms with Gasteiger partial charge in [-0.1, -0.05) is 48.0 Å². The highest BCUT2D eigenvalue weighted by molar-refractivity contribution is 6.06. The van der Waals surface area contributed by atoms with Gasteiger partial charge in [-0.15, -0.1) is 0 Å². The average Bonchev–Trinajstić information content (AvgIpc) is 3.38. The third-order valence-corrected chi connectivity index (χ3v) is 6.34. The van der Waals surface area contributed by atoms with Gasteiger partial charge in [0, 0.05) is 11.1 Å². The molecule has 2 heterocycles. The predicted molar refractivity (Wildman–Crippen MR) is 129 cm³/mol. The van der Waals surface area contributed by atoms with Crippen LogP contribution in [0.4, 0.5) is 5.95 Å². The zero-order valence-corrected chi connectivity index (χ0v) is 19.4. The highest BCUT2D eigenvalue weighted by atomic mass is 16.5. The van der Waals surface area contributed by atoms with E-state index in [1.54, 1.807) is 43.4 Å². The molecule has 0 fully saturated rings. The number of carbonyl (C=O) groups is 1. The molecule has 1 aliphatic rings. The number of benzene rings is 3. The summed E-state index contributed by atoms with van der Waals surface area (Å²) in [4.78, 5) is 20.1. The first-order valence-corrected chi connectivity index (χ1v) is 11.2. The van der Waals surface area contributed by atoms with Crippen LogP contribution in [0.1, 0.15) is 45.6 Å². The molecule has 1 amide bonds. The molecule has 0 aliphatic carbocycles. The summed E-state index contributed by atoms with van der Waals surface area (Å²) in [5, 5.41) is 4.52. The van der Waals surface area contributed by atoms with Crippen LogP contribution in [0.2, 0.25) is 0 Å². The van der Waals surface area contributed by atoms with Crippen LogP contribution in [0.25, 0.3) is 0 Å². The zero-order valence-electron chi connectivity index (χ0n) is 19.4. The molecule has 0 N–H and O–H groups in total. The van der Waals surface area contributed by atoms with Gasteiger partial charge < -0.3 is 9.47 Å². The molecule has 1 aromatic heterocycles. The number of para-hydroxylation sites is 1. The summed E-state index contributed by atoms with van der Waals surface area (Å²) in [5.41, 5.74) is 3.77. The molecular formula is C27H26N4O3. The molecule has 172 valence electrons. The monoisotopic (exact) mass is 454 g/mol. The minimum absolute atomic E-state index is 0.138. The highest BCUT2D eigenvalue weighted by Crippen LogP contribution is 2.44. The molecular weight excluding hydrogens is 428 g/mol. The van der Waals surface area contributed by atoms with E-state index in [0.717, 1.165) is 22.4 Å². The summed E-state index contributed by atoms with van der Waals surface area (Å²) in [6.45, 7) is 2.05. The minimum Gasteiger partial charge on any atom is -0.497 e. The molecule has 5 rings (SSSR count). The Morgan fingerprint density at radius 3 is 2.35 bits per heavy atom. The van der Waals surface area contributed by atoms with E-state index in [2.05, 4.69) is 41.3 Å². The van der Waals surface area contributed by atoms with Gasteiger partial charge in [-0.05, 0) is 49.2 Å². The maximum atomic E-state index is 13.9. The van der Waals surface area contributed by atoms with Crippen molar-refractivity contribution < 1.29 is 14.3 Å². The minimum atomic E-state index is -0.234. The highest BCUT2D eigenvalue weighted by Gasteiger charge is 2.40. The Morgan fingerprint density at radius 1 is 0.912 bits per heavy atom. The lowest BCUT2D eigenvalue weighted by Crippen LogP contribution is -2.42. The van der Waals surface area contributed by atoms with Crippen molar-refractivity contribution in [2.45, 2.75) is 25.4 Å². The Hall–Kier alpha value is -4.13. The number of nitrogens with zero attached hydrogens (tertiary/aromatic N) is 4. The largest absolute Gasteiger partial charge is 0.497 e. The quantitative estimate of drug-likeness (QED) is 0.425. The Morgan fingerprint density at radius 2 is 1.65 bits per heavy atom. The van der Waals surface area contributed by atoms with Crippen LogP contribution >= 0.6 is 0 Å². The molecule has 2 atom stereocenters. The molecule has 7 heteroatoms. The van der Waals surface area contributed by atoms with E-state index >= 15 is 0 Å². The Kier molecular flexibility index (Phi) is 5.76. The second-order valence-corrected chi connectivity index (χ2v) is 8.33. The van der Waals surface area contributed by atoms with Crippen molar-refractivity contribution in [2.75, 3.05) is 19.1 Å². The first kappa shape index (κ1) is 21.7. The zero-order chi connectivity index (χ0) is 23.7. The number of methoxy groups -OCH3 is 2. The van der Waals surface area contributed by atoms with Gasteiger partial charge >= 0.3 is 0 Å². The summed E-state index contributed by atoms with van der Waals surface area (Å²) < 4.78 is 12.7. The summed E-state index contributed by atoms with van der Waals surface area (Å²) in [7, 11) is 3.27. The number of hydrogen-bond donors (Lipinski definition) is 0. The Bertz CT molecular complexity index is 1300. The molecule has 4 aromatic rings. The maximum absolute atomic E-state index is 13.9. The van der Waals surface area contributed by atoms with E-state index in [4.69, 9.17) is 9.47 Å². The van der Waals surface area contributed by atoms with Crippen molar-refractivity contribution in [3.8, 4) is 11.5 Å². The number of ether oxygens (including phenoxy) is 2. The molecule has 34 heavy (non-hydrogen) atoms. The van der Waals surface area contributed by atoms with Crippen molar-refractivity contribution in [3.63, 3.8) is 0 Å². The van der Waals surface area contributed by atoms with Crippen molar-refractivity contribution in [1.82, 2.24) is 14.8 Å². The number of carbonyl (C=O) groups excluding carboxylic acids is 1. The van der Waals surface area contributed by atoms with E-state index in [1.165, 1.54) is 6.33 Å². The van der Waals surface area contributed by atoms with E-state index in [9.17, 15) is 4.79 Å². The number of rotatable bonds is 5.